The van der Waals surface area contributed by atoms with Gasteiger partial charge in [-0.2, -0.15) is 0 Å². The maximum Gasteiger partial charge on any atom is 0.197 e. The van der Waals surface area contributed by atoms with Crippen molar-refractivity contribution < 1.29 is 64.6 Å². The predicted octanol–water partition coefficient (Wildman–Crippen LogP) is -1.06. The third-order valence-electron chi connectivity index (χ3n) is 7.40. The Morgan fingerprint density at radius 1 is 0.829 bits per heavy atom. The number of aliphatic hydroxyl groups is 6. The summed E-state index contributed by atoms with van der Waals surface area (Å²) in [5.41, 5.74) is -1.08. The summed E-state index contributed by atoms with van der Waals surface area (Å²) in [7, 11) is 0. The van der Waals surface area contributed by atoms with E-state index >= 15 is 0 Å². The van der Waals surface area contributed by atoms with Gasteiger partial charge in [0.25, 0.3) is 0 Å². The minimum absolute atomic E-state index is 0.0294. The monoisotopic (exact) mass is 578 g/mol. The minimum Gasteiger partial charge on any atom is -0.508 e. The second-order valence-electron chi connectivity index (χ2n) is 10.1. The molecule has 0 spiro atoms. The summed E-state index contributed by atoms with van der Waals surface area (Å²) < 4.78 is 23.0. The number of hydrogen-bond acceptors (Lipinski definition) is 14. The molecule has 0 amide bonds. The molecule has 10 atom stereocenters. The van der Waals surface area contributed by atoms with Crippen molar-refractivity contribution in [3.05, 3.63) is 52.2 Å². The van der Waals surface area contributed by atoms with Crippen LogP contribution in [0, 0.1) is 0 Å². The van der Waals surface area contributed by atoms with Crippen LogP contribution in [0.2, 0.25) is 0 Å². The molecule has 3 heterocycles. The number of ether oxygens (including phenoxy) is 3. The highest BCUT2D eigenvalue weighted by molar-refractivity contribution is 5.89. The molecule has 0 unspecified atom stereocenters. The molecular formula is C27H30O14. The molecule has 0 bridgehead atoms. The third kappa shape index (κ3) is 5.14. The Bertz CT molecular complexity index is 1460. The van der Waals surface area contributed by atoms with Crippen molar-refractivity contribution in [2.24, 2.45) is 0 Å². The van der Waals surface area contributed by atoms with Crippen LogP contribution in [0.25, 0.3) is 22.3 Å². The van der Waals surface area contributed by atoms with Crippen molar-refractivity contribution in [1.29, 1.82) is 0 Å². The topological polar surface area (TPSA) is 240 Å². The molecule has 1 aromatic heterocycles. The lowest BCUT2D eigenvalue weighted by molar-refractivity contribution is -0.338. The average molecular weight is 579 g/mol. The lowest BCUT2D eigenvalue weighted by Gasteiger charge is -2.46. The molecule has 2 aliphatic rings. The van der Waals surface area contributed by atoms with Crippen molar-refractivity contribution in [2.75, 3.05) is 6.61 Å². The minimum atomic E-state index is -1.85. The molecule has 0 aliphatic carbocycles. The zero-order valence-corrected chi connectivity index (χ0v) is 21.5. The first-order valence-corrected chi connectivity index (χ1v) is 12.7. The molecule has 3 aromatic rings. The number of phenolic OH excluding ortho intramolecular Hbond substituents is 3. The predicted molar refractivity (Wildman–Crippen MR) is 137 cm³/mol. The molecule has 0 saturated carbocycles. The molecule has 2 saturated heterocycles. The highest BCUT2D eigenvalue weighted by Gasteiger charge is 2.51. The van der Waals surface area contributed by atoms with Crippen LogP contribution in [0.15, 0.2) is 45.6 Å². The molecule has 41 heavy (non-hydrogen) atoms. The van der Waals surface area contributed by atoms with E-state index in [1.54, 1.807) is 0 Å². The van der Waals surface area contributed by atoms with Crippen LogP contribution in [-0.4, -0.2) is 108 Å². The summed E-state index contributed by atoms with van der Waals surface area (Å²) in [4.78, 5) is 13.1. The lowest BCUT2D eigenvalue weighted by Crippen LogP contribution is -2.61. The average Bonchev–Trinajstić information content (AvgIpc) is 2.93. The molecule has 14 nitrogen and oxygen atoms in total. The Hall–Kier alpha value is -3.31. The number of fused-ring (bicyclic) bond motifs is 1. The number of phenols is 3. The first-order valence-electron chi connectivity index (χ1n) is 12.7. The van der Waals surface area contributed by atoms with Crippen LogP contribution in [0.1, 0.15) is 18.6 Å². The lowest BCUT2D eigenvalue weighted by atomic mass is 9.89. The zero-order chi connectivity index (χ0) is 29.7. The van der Waals surface area contributed by atoms with E-state index in [2.05, 4.69) is 0 Å². The smallest absolute Gasteiger partial charge is 0.197 e. The molecule has 2 aromatic carbocycles. The van der Waals surface area contributed by atoms with E-state index in [1.165, 1.54) is 31.2 Å². The van der Waals surface area contributed by atoms with Gasteiger partial charge in [0.15, 0.2) is 17.3 Å². The quantitative estimate of drug-likeness (QED) is 0.175. The summed E-state index contributed by atoms with van der Waals surface area (Å²) in [6.07, 6.45) is -16.0. The van der Waals surface area contributed by atoms with Gasteiger partial charge in [0, 0.05) is 17.7 Å². The fourth-order valence-corrected chi connectivity index (χ4v) is 5.12. The van der Waals surface area contributed by atoms with Crippen LogP contribution in [0.4, 0.5) is 0 Å². The summed E-state index contributed by atoms with van der Waals surface area (Å²) in [5.74, 6) is -1.39. The van der Waals surface area contributed by atoms with Gasteiger partial charge in [-0.1, -0.05) is 0 Å². The van der Waals surface area contributed by atoms with E-state index in [0.29, 0.717) is 5.56 Å². The highest BCUT2D eigenvalue weighted by Crippen LogP contribution is 2.45. The Labute approximate surface area is 231 Å². The summed E-state index contributed by atoms with van der Waals surface area (Å²) in [6, 6.07) is 7.53. The summed E-state index contributed by atoms with van der Waals surface area (Å²) in [6.45, 7) is 0.613. The standard InChI is InChI=1S/C27H30O14/c1-9-19(33)21(35)23(37)27(38-9)41-26-22(36)20(34)16(8-28)40-25(26)18-13(31)6-12(30)17-14(32)7-15(39-24(17)18)10-2-4-11(29)5-3-10/h2-7,9,16,19-23,25-31,33-37H,8H2,1H3/t9-,16-,19-,20-,21+,22-,23+,25+,26+,27+/m1/s1. The highest BCUT2D eigenvalue weighted by atomic mass is 16.7. The van der Waals surface area contributed by atoms with Crippen molar-refractivity contribution in [2.45, 2.75) is 68.1 Å². The van der Waals surface area contributed by atoms with Gasteiger partial charge in [0.1, 0.15) is 77.2 Å². The summed E-state index contributed by atoms with van der Waals surface area (Å²) in [5, 5.41) is 93.0. The molecule has 222 valence electrons. The SMILES string of the molecule is C[C@H]1O[C@@H](O[C@H]2[C@H](O)[C@H](O)[C@@H](CO)O[C@H]2c2c(O)cc(O)c3c(=O)cc(-c4ccc(O)cc4)oc23)[C@@H](O)[C@@H](O)[C@@H]1O. The fourth-order valence-electron chi connectivity index (χ4n) is 5.12. The first-order chi connectivity index (χ1) is 19.4. The maximum absolute atomic E-state index is 13.1. The Morgan fingerprint density at radius 3 is 2.17 bits per heavy atom. The summed E-state index contributed by atoms with van der Waals surface area (Å²) >= 11 is 0. The first kappa shape index (κ1) is 29.2. The molecular weight excluding hydrogens is 548 g/mol. The molecule has 5 rings (SSSR count). The number of hydrogen-bond donors (Lipinski definition) is 9. The van der Waals surface area contributed by atoms with Crippen LogP contribution >= 0.6 is 0 Å². The van der Waals surface area contributed by atoms with Crippen molar-refractivity contribution in [3.8, 4) is 28.6 Å². The second-order valence-corrected chi connectivity index (χ2v) is 10.1. The van der Waals surface area contributed by atoms with Gasteiger partial charge in [-0.15, -0.1) is 0 Å². The fraction of sp³-hybridized carbons (Fsp3) is 0.444. The van der Waals surface area contributed by atoms with E-state index in [1.807, 2.05) is 0 Å². The molecule has 9 N–H and O–H groups in total. The van der Waals surface area contributed by atoms with Crippen molar-refractivity contribution >= 4 is 11.0 Å². The van der Waals surface area contributed by atoms with Crippen LogP contribution in [-0.2, 0) is 14.2 Å². The van der Waals surface area contributed by atoms with Gasteiger partial charge in [-0.05, 0) is 31.2 Å². The normalized spacial score (nSPS) is 34.1. The maximum atomic E-state index is 13.1. The van der Waals surface area contributed by atoms with E-state index in [-0.39, 0.29) is 28.0 Å². The van der Waals surface area contributed by atoms with E-state index in [9.17, 15) is 50.8 Å². The van der Waals surface area contributed by atoms with Gasteiger partial charge in [-0.25, -0.2) is 0 Å². The zero-order valence-electron chi connectivity index (χ0n) is 21.5. The van der Waals surface area contributed by atoms with Crippen molar-refractivity contribution in [3.63, 3.8) is 0 Å². The van der Waals surface area contributed by atoms with E-state index in [0.717, 1.165) is 12.1 Å². The van der Waals surface area contributed by atoms with Gasteiger partial charge in [0.05, 0.1) is 18.3 Å². The number of aromatic hydroxyl groups is 3. The van der Waals surface area contributed by atoms with E-state index < -0.39 is 84.8 Å². The van der Waals surface area contributed by atoms with E-state index in [4.69, 9.17) is 18.6 Å². The third-order valence-corrected chi connectivity index (χ3v) is 7.40. The van der Waals surface area contributed by atoms with Crippen molar-refractivity contribution in [1.82, 2.24) is 0 Å². The van der Waals surface area contributed by atoms with Crippen LogP contribution < -0.4 is 5.43 Å². The van der Waals surface area contributed by atoms with Crippen LogP contribution in [0.3, 0.4) is 0 Å². The Morgan fingerprint density at radius 2 is 1.51 bits per heavy atom. The molecule has 2 fully saturated rings. The number of benzene rings is 2. The molecule has 0 radical (unpaired) electrons. The van der Waals surface area contributed by atoms with Crippen LogP contribution in [0.5, 0.6) is 17.2 Å². The molecule has 14 heteroatoms. The number of aliphatic hydroxyl groups excluding tert-OH is 6. The largest absolute Gasteiger partial charge is 0.508 e. The Balaban J connectivity index is 1.67. The Kier molecular flexibility index (Phi) is 7.95. The van der Waals surface area contributed by atoms with Gasteiger partial charge >= 0.3 is 0 Å². The second kappa shape index (κ2) is 11.2. The van der Waals surface area contributed by atoms with Gasteiger partial charge in [-0.3, -0.25) is 4.79 Å². The number of rotatable bonds is 5. The molecule has 2 aliphatic heterocycles. The van der Waals surface area contributed by atoms with Gasteiger partial charge < -0.3 is 64.6 Å². The van der Waals surface area contributed by atoms with Gasteiger partial charge in [0.2, 0.25) is 0 Å².